The number of carbonyl (C=O) groups excluding carboxylic acids is 1. The van der Waals surface area contributed by atoms with E-state index in [4.69, 9.17) is 4.74 Å². The summed E-state index contributed by atoms with van der Waals surface area (Å²) in [5.74, 6) is -0.272. The van der Waals surface area contributed by atoms with Crippen molar-refractivity contribution in [2.75, 3.05) is 6.26 Å². The summed E-state index contributed by atoms with van der Waals surface area (Å²) in [6, 6.07) is 7.16. The second-order valence-corrected chi connectivity index (χ2v) is 7.34. The summed E-state index contributed by atoms with van der Waals surface area (Å²) in [4.78, 5) is 17.9. The van der Waals surface area contributed by atoms with Crippen LogP contribution < -0.4 is 0 Å². The van der Waals surface area contributed by atoms with Gasteiger partial charge in [-0.3, -0.25) is 9.00 Å². The van der Waals surface area contributed by atoms with Crippen LogP contribution in [0.25, 0.3) is 0 Å². The molecule has 0 aliphatic carbocycles. The lowest BCUT2D eigenvalue weighted by atomic mass is 10.1. The Morgan fingerprint density at radius 2 is 1.95 bits per heavy atom. The number of nitrogens with zero attached hydrogens (tertiary/aromatic N) is 1. The van der Waals surface area contributed by atoms with Crippen LogP contribution in [0, 0.1) is 13.8 Å². The zero-order valence-corrected chi connectivity index (χ0v) is 13.8. The molecule has 1 aromatic carbocycles. The lowest BCUT2D eigenvalue weighted by molar-refractivity contribution is -0.144. The van der Waals surface area contributed by atoms with Crippen LogP contribution in [0.1, 0.15) is 21.1 Å². The Hall–Kier alpha value is -1.53. The fourth-order valence-electron chi connectivity index (χ4n) is 1.87. The molecule has 4 nitrogen and oxygen atoms in total. The molecule has 21 heavy (non-hydrogen) atoms. The number of aromatic nitrogens is 1. The van der Waals surface area contributed by atoms with Crippen molar-refractivity contribution < 1.29 is 13.7 Å². The van der Waals surface area contributed by atoms with Gasteiger partial charge in [0.15, 0.2) is 0 Å². The molecule has 1 aromatic heterocycles. The van der Waals surface area contributed by atoms with E-state index in [1.807, 2.05) is 13.8 Å². The average molecular weight is 323 g/mol. The topological polar surface area (TPSA) is 56.3 Å². The number of esters is 1. The maximum atomic E-state index is 11.8. The third kappa shape index (κ3) is 4.47. The Balaban J connectivity index is 1.89. The van der Waals surface area contributed by atoms with Crippen LogP contribution in [0.15, 0.2) is 29.2 Å². The first-order valence-corrected chi connectivity index (χ1v) is 8.84. The zero-order chi connectivity index (χ0) is 15.4. The first kappa shape index (κ1) is 15.9. The van der Waals surface area contributed by atoms with Crippen LogP contribution in [-0.4, -0.2) is 21.4 Å². The zero-order valence-electron chi connectivity index (χ0n) is 12.2. The second kappa shape index (κ2) is 6.95. The van der Waals surface area contributed by atoms with Gasteiger partial charge in [0.05, 0.1) is 22.0 Å². The first-order valence-electron chi connectivity index (χ1n) is 6.46. The normalized spacial score (nSPS) is 12.1. The summed E-state index contributed by atoms with van der Waals surface area (Å²) in [5.41, 5.74) is 1.77. The van der Waals surface area contributed by atoms with Crippen LogP contribution in [0.2, 0.25) is 0 Å². The SMILES string of the molecule is Cc1nc(C)c(COC(=O)Cc2ccc([S@@](C)=O)cc2)s1. The minimum atomic E-state index is -1.00. The maximum Gasteiger partial charge on any atom is 0.310 e. The molecule has 0 unspecified atom stereocenters. The largest absolute Gasteiger partial charge is 0.460 e. The maximum absolute atomic E-state index is 11.8. The number of rotatable bonds is 5. The number of benzene rings is 1. The first-order chi connectivity index (χ1) is 9.95. The molecule has 0 amide bonds. The van der Waals surface area contributed by atoms with E-state index in [0.29, 0.717) is 0 Å². The molecule has 0 fully saturated rings. The van der Waals surface area contributed by atoms with Crippen LogP contribution in [0.3, 0.4) is 0 Å². The Labute approximate surface area is 130 Å². The van der Waals surface area contributed by atoms with Crippen molar-refractivity contribution >= 4 is 28.1 Å². The third-order valence-corrected chi connectivity index (χ3v) is 4.95. The monoisotopic (exact) mass is 323 g/mol. The fraction of sp³-hybridized carbons (Fsp3) is 0.333. The van der Waals surface area contributed by atoms with E-state index in [1.54, 1.807) is 41.9 Å². The minimum Gasteiger partial charge on any atom is -0.460 e. The van der Waals surface area contributed by atoms with Crippen LogP contribution in [0.5, 0.6) is 0 Å². The van der Waals surface area contributed by atoms with Gasteiger partial charge in [0, 0.05) is 22.0 Å². The molecular weight excluding hydrogens is 306 g/mol. The predicted octanol–water partition coefficient (Wildman–Crippen LogP) is 2.78. The number of aryl methyl sites for hydroxylation is 2. The molecule has 112 valence electrons. The predicted molar refractivity (Wildman–Crippen MR) is 83.9 cm³/mol. The number of ether oxygens (including phenoxy) is 1. The highest BCUT2D eigenvalue weighted by atomic mass is 32.2. The molecule has 2 rings (SSSR count). The van der Waals surface area contributed by atoms with Crippen LogP contribution in [-0.2, 0) is 33.4 Å². The van der Waals surface area contributed by atoms with Crippen molar-refractivity contribution in [3.63, 3.8) is 0 Å². The highest BCUT2D eigenvalue weighted by molar-refractivity contribution is 7.84. The van der Waals surface area contributed by atoms with Crippen LogP contribution in [0.4, 0.5) is 0 Å². The van der Waals surface area contributed by atoms with Gasteiger partial charge in [0.2, 0.25) is 0 Å². The Morgan fingerprint density at radius 3 is 2.48 bits per heavy atom. The third-order valence-electron chi connectivity index (χ3n) is 2.97. The molecular formula is C15H17NO3S2. The van der Waals surface area contributed by atoms with Crippen molar-refractivity contribution in [3.05, 3.63) is 45.4 Å². The second-order valence-electron chi connectivity index (χ2n) is 4.68. The standard InChI is InChI=1S/C15H17NO3S2/c1-10-14(20-11(2)16-10)9-19-15(17)8-12-4-6-13(7-5-12)21(3)18/h4-7H,8-9H2,1-3H3/t21-/m1/s1. The molecule has 0 radical (unpaired) electrons. The number of thiazole rings is 1. The summed E-state index contributed by atoms with van der Waals surface area (Å²) >= 11 is 1.55. The lowest BCUT2D eigenvalue weighted by Crippen LogP contribution is -2.08. The van der Waals surface area contributed by atoms with Crippen molar-refractivity contribution in [1.82, 2.24) is 4.98 Å². The summed E-state index contributed by atoms with van der Waals surface area (Å²) in [7, 11) is -1.00. The Kier molecular flexibility index (Phi) is 5.25. The summed E-state index contributed by atoms with van der Waals surface area (Å²) in [6.07, 6.45) is 1.84. The lowest BCUT2D eigenvalue weighted by Gasteiger charge is -2.04. The van der Waals surface area contributed by atoms with E-state index in [2.05, 4.69) is 4.98 Å². The van der Waals surface area contributed by atoms with E-state index >= 15 is 0 Å². The quantitative estimate of drug-likeness (QED) is 0.794. The van der Waals surface area contributed by atoms with Gasteiger partial charge in [-0.15, -0.1) is 11.3 Å². The molecule has 0 N–H and O–H groups in total. The van der Waals surface area contributed by atoms with Gasteiger partial charge in [-0.2, -0.15) is 0 Å². The van der Waals surface area contributed by atoms with E-state index < -0.39 is 10.8 Å². The molecule has 0 saturated carbocycles. The van der Waals surface area contributed by atoms with Crippen LogP contribution >= 0.6 is 11.3 Å². The van der Waals surface area contributed by atoms with E-state index in [0.717, 1.165) is 26.0 Å². The molecule has 1 atom stereocenters. The van der Waals surface area contributed by atoms with Gasteiger partial charge in [0.25, 0.3) is 0 Å². The van der Waals surface area contributed by atoms with E-state index in [-0.39, 0.29) is 19.0 Å². The number of hydrogen-bond acceptors (Lipinski definition) is 5. The van der Waals surface area contributed by atoms with Gasteiger partial charge in [-0.05, 0) is 31.5 Å². The van der Waals surface area contributed by atoms with Gasteiger partial charge in [-0.25, -0.2) is 4.98 Å². The molecule has 0 spiro atoms. The minimum absolute atomic E-state index is 0.216. The molecule has 1 heterocycles. The highest BCUT2D eigenvalue weighted by Crippen LogP contribution is 2.18. The van der Waals surface area contributed by atoms with Gasteiger partial charge in [-0.1, -0.05) is 12.1 Å². The Morgan fingerprint density at radius 1 is 1.29 bits per heavy atom. The van der Waals surface area contributed by atoms with Gasteiger partial charge in [0.1, 0.15) is 6.61 Å². The molecule has 0 saturated heterocycles. The molecule has 0 aliphatic heterocycles. The molecule has 2 aromatic rings. The summed E-state index contributed by atoms with van der Waals surface area (Å²) < 4.78 is 16.6. The summed E-state index contributed by atoms with van der Waals surface area (Å²) in [6.45, 7) is 4.12. The molecule has 0 bridgehead atoms. The average Bonchev–Trinajstić information content (AvgIpc) is 2.75. The van der Waals surface area contributed by atoms with Crippen molar-refractivity contribution in [2.45, 2.75) is 31.8 Å². The molecule has 0 aliphatic rings. The molecule has 6 heteroatoms. The smallest absolute Gasteiger partial charge is 0.310 e. The number of carbonyl (C=O) groups is 1. The fourth-order valence-corrected chi connectivity index (χ4v) is 3.24. The highest BCUT2D eigenvalue weighted by Gasteiger charge is 2.09. The van der Waals surface area contributed by atoms with Gasteiger partial charge >= 0.3 is 5.97 Å². The summed E-state index contributed by atoms with van der Waals surface area (Å²) in [5, 5.41) is 0.974. The van der Waals surface area contributed by atoms with Crippen molar-refractivity contribution in [1.29, 1.82) is 0 Å². The van der Waals surface area contributed by atoms with E-state index in [1.165, 1.54) is 0 Å². The van der Waals surface area contributed by atoms with Gasteiger partial charge < -0.3 is 4.74 Å². The van der Waals surface area contributed by atoms with E-state index in [9.17, 15) is 9.00 Å². The Bertz CT molecular complexity index is 662. The number of hydrogen-bond donors (Lipinski definition) is 0. The van der Waals surface area contributed by atoms with Crippen molar-refractivity contribution in [2.24, 2.45) is 0 Å². The van der Waals surface area contributed by atoms with Crippen molar-refractivity contribution in [3.8, 4) is 0 Å².